The molecule has 2 aromatic heterocycles. The van der Waals surface area contributed by atoms with Crippen molar-refractivity contribution in [2.45, 2.75) is 12.7 Å². The van der Waals surface area contributed by atoms with E-state index in [1.54, 1.807) is 6.07 Å². The predicted molar refractivity (Wildman–Crippen MR) is 73.1 cm³/mol. The van der Waals surface area contributed by atoms with Crippen molar-refractivity contribution in [1.82, 2.24) is 15.0 Å². The topological polar surface area (TPSA) is 64.7 Å². The van der Waals surface area contributed by atoms with Crippen LogP contribution in [-0.4, -0.2) is 15.0 Å². The van der Waals surface area contributed by atoms with Gasteiger partial charge in [-0.1, -0.05) is 0 Å². The van der Waals surface area contributed by atoms with Crippen molar-refractivity contribution in [2.75, 3.05) is 0 Å². The molecular weight excluding hydrogens is 360 g/mol. The molecule has 0 atom stereocenters. The third-order valence-electron chi connectivity index (χ3n) is 2.36. The zero-order chi connectivity index (χ0) is 14.0. The van der Waals surface area contributed by atoms with Crippen LogP contribution in [0.25, 0.3) is 11.3 Å². The molecule has 2 heterocycles. The van der Waals surface area contributed by atoms with E-state index in [1.807, 2.05) is 0 Å². The van der Waals surface area contributed by atoms with Crippen molar-refractivity contribution < 1.29 is 13.2 Å². The second-order valence-electron chi connectivity index (χ2n) is 3.66. The lowest BCUT2D eigenvalue weighted by atomic mass is 10.1. The number of halogens is 5. The van der Waals surface area contributed by atoms with Crippen molar-refractivity contribution in [3.05, 3.63) is 40.5 Å². The molecule has 0 aliphatic carbocycles. The predicted octanol–water partition coefficient (Wildman–Crippen LogP) is 3.20. The molecule has 0 amide bonds. The maximum absolute atomic E-state index is 12.3. The minimum absolute atomic E-state index is 0. The minimum Gasteiger partial charge on any atom is -0.326 e. The van der Waals surface area contributed by atoms with Crippen LogP contribution in [0.4, 0.5) is 13.2 Å². The van der Waals surface area contributed by atoms with Crippen LogP contribution in [-0.2, 0) is 12.7 Å². The van der Waals surface area contributed by atoms with E-state index in [-0.39, 0.29) is 19.0 Å². The van der Waals surface area contributed by atoms with Crippen LogP contribution >= 0.6 is 28.3 Å². The summed E-state index contributed by atoms with van der Waals surface area (Å²) in [4.78, 5) is 10.7. The molecule has 0 aliphatic rings. The Labute approximate surface area is 127 Å². The Kier molecular flexibility index (Phi) is 5.43. The van der Waals surface area contributed by atoms with Crippen molar-refractivity contribution >= 4 is 28.3 Å². The fourth-order valence-electron chi connectivity index (χ4n) is 1.40. The van der Waals surface area contributed by atoms with Crippen LogP contribution in [0.5, 0.6) is 0 Å². The van der Waals surface area contributed by atoms with Gasteiger partial charge in [0.2, 0.25) is 5.82 Å². The van der Waals surface area contributed by atoms with Gasteiger partial charge in [0.1, 0.15) is 0 Å². The quantitative estimate of drug-likeness (QED) is 0.883. The van der Waals surface area contributed by atoms with Crippen molar-refractivity contribution in [2.24, 2.45) is 5.73 Å². The second kappa shape index (κ2) is 6.47. The van der Waals surface area contributed by atoms with E-state index in [0.717, 1.165) is 22.4 Å². The van der Waals surface area contributed by atoms with Crippen molar-refractivity contribution in [3.8, 4) is 11.3 Å². The van der Waals surface area contributed by atoms with Gasteiger partial charge >= 0.3 is 6.18 Å². The van der Waals surface area contributed by atoms with Crippen LogP contribution in [0.15, 0.2) is 29.1 Å². The zero-order valence-corrected chi connectivity index (χ0v) is 12.3. The van der Waals surface area contributed by atoms with Crippen LogP contribution in [0.3, 0.4) is 0 Å². The first kappa shape index (κ1) is 16.8. The SMILES string of the molecule is Cl.NCc1cc(-c2cnc(C(F)(F)F)nc2)ncc1Br. The molecule has 2 aromatic rings. The monoisotopic (exact) mass is 368 g/mol. The molecule has 0 fully saturated rings. The normalized spacial score (nSPS) is 11.1. The number of alkyl halides is 3. The van der Waals surface area contributed by atoms with E-state index >= 15 is 0 Å². The molecule has 0 unspecified atom stereocenters. The summed E-state index contributed by atoms with van der Waals surface area (Å²) in [6, 6.07) is 1.68. The van der Waals surface area contributed by atoms with Gasteiger partial charge in [-0.2, -0.15) is 13.2 Å². The molecule has 108 valence electrons. The van der Waals surface area contributed by atoms with Crippen molar-refractivity contribution in [3.63, 3.8) is 0 Å². The summed E-state index contributed by atoms with van der Waals surface area (Å²) in [6.45, 7) is 0.289. The molecule has 0 aliphatic heterocycles. The highest BCUT2D eigenvalue weighted by Crippen LogP contribution is 2.27. The smallest absolute Gasteiger partial charge is 0.326 e. The number of pyridine rings is 1. The summed E-state index contributed by atoms with van der Waals surface area (Å²) < 4.78 is 37.7. The fraction of sp³-hybridized carbons (Fsp3) is 0.182. The van der Waals surface area contributed by atoms with E-state index < -0.39 is 12.0 Å². The van der Waals surface area contributed by atoms with Gasteiger partial charge in [0.15, 0.2) is 0 Å². The van der Waals surface area contributed by atoms with E-state index in [9.17, 15) is 13.2 Å². The Morgan fingerprint density at radius 1 is 1.10 bits per heavy atom. The minimum atomic E-state index is -4.55. The molecule has 4 nitrogen and oxygen atoms in total. The van der Waals surface area contributed by atoms with E-state index in [2.05, 4.69) is 30.9 Å². The molecule has 0 saturated heterocycles. The van der Waals surface area contributed by atoms with Gasteiger partial charge in [-0.3, -0.25) is 4.98 Å². The maximum atomic E-state index is 12.3. The average molecular weight is 370 g/mol. The summed E-state index contributed by atoms with van der Waals surface area (Å²) in [5.74, 6) is -1.17. The first-order valence-electron chi connectivity index (χ1n) is 5.16. The van der Waals surface area contributed by atoms with Gasteiger partial charge in [-0.05, 0) is 27.6 Å². The highest BCUT2D eigenvalue weighted by Gasteiger charge is 2.34. The van der Waals surface area contributed by atoms with Gasteiger partial charge in [0.05, 0.1) is 5.69 Å². The number of hydrogen-bond donors (Lipinski definition) is 1. The fourth-order valence-corrected chi connectivity index (χ4v) is 1.78. The summed E-state index contributed by atoms with van der Waals surface area (Å²) in [5, 5.41) is 0. The molecule has 0 spiro atoms. The van der Waals surface area contributed by atoms with Crippen LogP contribution in [0, 0.1) is 0 Å². The highest BCUT2D eigenvalue weighted by molar-refractivity contribution is 9.10. The number of nitrogens with zero attached hydrogens (tertiary/aromatic N) is 3. The largest absolute Gasteiger partial charge is 0.451 e. The summed E-state index contributed by atoms with van der Waals surface area (Å²) >= 11 is 3.28. The lowest BCUT2D eigenvalue weighted by molar-refractivity contribution is -0.144. The van der Waals surface area contributed by atoms with E-state index in [0.29, 0.717) is 11.3 Å². The summed E-state index contributed by atoms with van der Waals surface area (Å²) in [5.41, 5.74) is 7.21. The Bertz CT molecular complexity index is 589. The van der Waals surface area contributed by atoms with Crippen LogP contribution in [0.1, 0.15) is 11.4 Å². The molecule has 2 N–H and O–H groups in total. The van der Waals surface area contributed by atoms with Crippen LogP contribution < -0.4 is 5.73 Å². The number of aromatic nitrogens is 3. The van der Waals surface area contributed by atoms with Gasteiger partial charge in [-0.15, -0.1) is 12.4 Å². The Hall–Kier alpha value is -1.25. The van der Waals surface area contributed by atoms with Crippen molar-refractivity contribution in [1.29, 1.82) is 0 Å². The standard InChI is InChI=1S/C11H8BrF3N4.ClH/c12-8-5-17-9(1-6(8)2-16)7-3-18-10(19-4-7)11(13,14)15;/h1,3-5H,2,16H2;1H. The number of rotatable bonds is 2. The molecule has 2 rings (SSSR count). The molecule has 9 heteroatoms. The van der Waals surface area contributed by atoms with E-state index in [4.69, 9.17) is 5.73 Å². The number of nitrogens with two attached hydrogens (primary N) is 1. The van der Waals surface area contributed by atoms with Gasteiger partial charge in [0, 0.05) is 35.2 Å². The summed E-state index contributed by atoms with van der Waals surface area (Å²) in [7, 11) is 0. The first-order valence-corrected chi connectivity index (χ1v) is 5.95. The molecular formula is C11H9BrClF3N4. The zero-order valence-electron chi connectivity index (χ0n) is 9.86. The highest BCUT2D eigenvalue weighted by atomic mass is 79.9. The lowest BCUT2D eigenvalue weighted by Gasteiger charge is -2.07. The number of hydrogen-bond acceptors (Lipinski definition) is 4. The molecule has 0 saturated carbocycles. The Morgan fingerprint density at radius 2 is 1.70 bits per heavy atom. The molecule has 0 radical (unpaired) electrons. The van der Waals surface area contributed by atoms with Crippen LogP contribution in [0.2, 0.25) is 0 Å². The van der Waals surface area contributed by atoms with E-state index in [1.165, 1.54) is 6.20 Å². The summed E-state index contributed by atoms with van der Waals surface area (Å²) in [6.07, 6.45) is -0.831. The first-order chi connectivity index (χ1) is 8.91. The molecule has 20 heavy (non-hydrogen) atoms. The third kappa shape index (κ3) is 3.65. The second-order valence-corrected chi connectivity index (χ2v) is 4.51. The Balaban J connectivity index is 0.00000200. The molecule has 0 aromatic carbocycles. The van der Waals surface area contributed by atoms with Gasteiger partial charge in [-0.25, -0.2) is 9.97 Å². The maximum Gasteiger partial charge on any atom is 0.451 e. The van der Waals surface area contributed by atoms with Gasteiger partial charge < -0.3 is 5.73 Å². The van der Waals surface area contributed by atoms with Gasteiger partial charge in [0.25, 0.3) is 0 Å². The third-order valence-corrected chi connectivity index (χ3v) is 3.07. The molecule has 0 bridgehead atoms. The lowest BCUT2D eigenvalue weighted by Crippen LogP contribution is -2.10. The average Bonchev–Trinajstić information content (AvgIpc) is 2.38. The Morgan fingerprint density at radius 3 is 2.20 bits per heavy atom.